The molecule has 0 spiro atoms. The lowest BCUT2D eigenvalue weighted by Crippen LogP contribution is -2.44. The fourth-order valence-electron chi connectivity index (χ4n) is 3.02. The summed E-state index contributed by atoms with van der Waals surface area (Å²) < 4.78 is 29.4. The molecule has 116 valence electrons. The van der Waals surface area contributed by atoms with Crippen LogP contribution in [0.25, 0.3) is 0 Å². The molecule has 0 bridgehead atoms. The van der Waals surface area contributed by atoms with Gasteiger partial charge < -0.3 is 28.8 Å². The van der Waals surface area contributed by atoms with Crippen molar-refractivity contribution in [2.75, 3.05) is 11.0 Å². The maximum atomic E-state index is 10.6. The fourth-order valence-corrected chi connectivity index (χ4v) is 3.63. The Bertz CT molecular complexity index is 400. The average molecular weight is 400 g/mol. The van der Waals surface area contributed by atoms with Crippen LogP contribution in [0.4, 0.5) is 0 Å². The van der Waals surface area contributed by atoms with E-state index < -0.39 is 29.6 Å². The summed E-state index contributed by atoms with van der Waals surface area (Å²) in [6.45, 7) is 7.82. The third kappa shape index (κ3) is 2.51. The smallest absolute Gasteiger partial charge is 0.204 e. The van der Waals surface area contributed by atoms with Gasteiger partial charge in [-0.2, -0.15) is 0 Å². The molecule has 20 heavy (non-hydrogen) atoms. The van der Waals surface area contributed by atoms with Gasteiger partial charge in [-0.3, -0.25) is 0 Å². The molecule has 3 aliphatic heterocycles. The highest BCUT2D eigenvalue weighted by Gasteiger charge is 2.64. The third-order valence-corrected chi connectivity index (χ3v) is 4.92. The zero-order valence-corrected chi connectivity index (χ0v) is 14.2. The van der Waals surface area contributed by atoms with Crippen molar-refractivity contribution in [2.45, 2.75) is 69.5 Å². The number of hydrogen-bond donors (Lipinski definition) is 1. The summed E-state index contributed by atoms with van der Waals surface area (Å²) in [7, 11) is 0. The van der Waals surface area contributed by atoms with Gasteiger partial charge in [-0.1, -0.05) is 22.6 Å². The molecule has 7 heteroatoms. The number of rotatable bonds is 2. The first-order chi connectivity index (χ1) is 9.16. The molecule has 3 rings (SSSR count). The van der Waals surface area contributed by atoms with Crippen LogP contribution in [0.5, 0.6) is 0 Å². The van der Waals surface area contributed by atoms with Crippen molar-refractivity contribution in [2.24, 2.45) is 0 Å². The average Bonchev–Trinajstić information content (AvgIpc) is 2.92. The summed E-state index contributed by atoms with van der Waals surface area (Å²) >= 11 is 2.09. The largest absolute Gasteiger partial charge is 0.363 e. The van der Waals surface area contributed by atoms with Crippen LogP contribution < -0.4 is 0 Å². The van der Waals surface area contributed by atoms with Crippen molar-refractivity contribution < 1.29 is 28.8 Å². The summed E-state index contributed by atoms with van der Waals surface area (Å²) in [5, 5.41) is 10.6. The lowest BCUT2D eigenvalue weighted by Gasteiger charge is -2.30. The van der Waals surface area contributed by atoms with Crippen LogP contribution in [0.15, 0.2) is 0 Å². The van der Waals surface area contributed by atoms with Crippen molar-refractivity contribution in [3.05, 3.63) is 0 Å². The number of alkyl halides is 1. The summed E-state index contributed by atoms with van der Waals surface area (Å²) in [6.07, 6.45) is -1.53. The van der Waals surface area contributed by atoms with Gasteiger partial charge in [0.1, 0.15) is 24.4 Å². The van der Waals surface area contributed by atoms with Crippen LogP contribution in [-0.2, 0) is 23.7 Å². The number of fused-ring (bicyclic) bond motifs is 1. The molecule has 0 saturated carbocycles. The predicted octanol–water partition coefficient (Wildman–Crippen LogP) is 1.18. The maximum Gasteiger partial charge on any atom is 0.204 e. The van der Waals surface area contributed by atoms with Crippen molar-refractivity contribution in [1.29, 1.82) is 0 Å². The zero-order chi connectivity index (χ0) is 14.8. The van der Waals surface area contributed by atoms with Crippen molar-refractivity contribution in [1.82, 2.24) is 0 Å². The Hall–Kier alpha value is 0.490. The molecule has 1 N–H and O–H groups in total. The Morgan fingerprint density at radius 1 is 1.00 bits per heavy atom. The summed E-state index contributed by atoms with van der Waals surface area (Å²) in [5.41, 5.74) is 0. The Balaban J connectivity index is 1.83. The minimum Gasteiger partial charge on any atom is -0.363 e. The van der Waals surface area contributed by atoms with Crippen LogP contribution in [0, 0.1) is 0 Å². The van der Waals surface area contributed by atoms with Crippen molar-refractivity contribution >= 4 is 22.6 Å². The van der Waals surface area contributed by atoms with E-state index in [1.807, 2.05) is 27.7 Å². The lowest BCUT2D eigenvalue weighted by atomic mass is 10.0. The molecule has 3 saturated heterocycles. The quantitative estimate of drug-likeness (QED) is 0.555. The number of aliphatic hydroxyl groups is 1. The van der Waals surface area contributed by atoms with E-state index in [4.69, 9.17) is 23.7 Å². The van der Waals surface area contributed by atoms with Crippen molar-refractivity contribution in [3.8, 4) is 0 Å². The summed E-state index contributed by atoms with van der Waals surface area (Å²) in [4.78, 5) is 0. The Labute approximate surface area is 132 Å². The van der Waals surface area contributed by atoms with Crippen LogP contribution in [0.2, 0.25) is 0 Å². The van der Waals surface area contributed by atoms with E-state index in [2.05, 4.69) is 22.6 Å². The molecule has 0 aromatic carbocycles. The van der Waals surface area contributed by atoms with Gasteiger partial charge in [-0.15, -0.1) is 0 Å². The van der Waals surface area contributed by atoms with Crippen LogP contribution >= 0.6 is 22.6 Å². The van der Waals surface area contributed by atoms with E-state index in [-0.39, 0.29) is 12.2 Å². The minimum atomic E-state index is -1.35. The normalized spacial score (nSPS) is 49.5. The molecule has 3 heterocycles. The van der Waals surface area contributed by atoms with Gasteiger partial charge in [0.25, 0.3) is 0 Å². The second-order valence-electron chi connectivity index (χ2n) is 6.45. The molecule has 0 amide bonds. The monoisotopic (exact) mass is 400 g/mol. The lowest BCUT2D eigenvalue weighted by molar-refractivity contribution is -0.274. The second-order valence-corrected chi connectivity index (χ2v) is 7.21. The molecular formula is C13H21IO6. The van der Waals surface area contributed by atoms with Gasteiger partial charge in [0.2, 0.25) is 5.79 Å². The van der Waals surface area contributed by atoms with E-state index >= 15 is 0 Å². The first-order valence-corrected chi connectivity index (χ1v) is 8.32. The topological polar surface area (TPSA) is 66.4 Å². The Kier molecular flexibility index (Phi) is 3.65. The van der Waals surface area contributed by atoms with E-state index in [1.165, 1.54) is 0 Å². The number of hydrogen-bond acceptors (Lipinski definition) is 6. The third-order valence-electron chi connectivity index (χ3n) is 3.83. The molecule has 1 unspecified atom stereocenters. The van der Waals surface area contributed by atoms with E-state index in [0.29, 0.717) is 11.0 Å². The molecule has 3 aliphatic rings. The minimum absolute atomic E-state index is 0.271. The predicted molar refractivity (Wildman–Crippen MR) is 77.4 cm³/mol. The molecule has 0 aromatic heterocycles. The fraction of sp³-hybridized carbons (Fsp3) is 1.00. The number of ether oxygens (including phenoxy) is 5. The summed E-state index contributed by atoms with van der Waals surface area (Å²) in [5.74, 6) is -2.71. The van der Waals surface area contributed by atoms with Gasteiger partial charge in [0, 0.05) is 0 Å². The summed E-state index contributed by atoms with van der Waals surface area (Å²) in [6, 6.07) is 0. The van der Waals surface area contributed by atoms with E-state index in [1.54, 1.807) is 0 Å². The highest BCUT2D eigenvalue weighted by molar-refractivity contribution is 14.1. The first kappa shape index (κ1) is 15.4. The van der Waals surface area contributed by atoms with Gasteiger partial charge in [-0.25, -0.2) is 0 Å². The zero-order valence-electron chi connectivity index (χ0n) is 12.1. The van der Waals surface area contributed by atoms with Gasteiger partial charge in [0.05, 0.1) is 11.0 Å². The van der Waals surface area contributed by atoms with E-state index in [0.717, 1.165) is 0 Å². The molecule has 5 atom stereocenters. The molecule has 0 radical (unpaired) electrons. The van der Waals surface area contributed by atoms with Crippen LogP contribution in [-0.4, -0.2) is 57.9 Å². The maximum absolute atomic E-state index is 10.6. The van der Waals surface area contributed by atoms with Crippen molar-refractivity contribution in [3.63, 3.8) is 0 Å². The highest BCUT2D eigenvalue weighted by atomic mass is 127. The standard InChI is InChI=1S/C13H21IO6/c1-11(2)16-5-7(17-11)8-9-10(13(15,6-14)19-8)20-12(3,4)18-9/h7-10,15H,5-6H2,1-4H3/t7-,8-,9+,10+,13?/m1/s1. The molecule has 3 fully saturated rings. The van der Waals surface area contributed by atoms with E-state index in [9.17, 15) is 5.11 Å². The molecular weight excluding hydrogens is 379 g/mol. The molecule has 0 aromatic rings. The van der Waals surface area contributed by atoms with Crippen LogP contribution in [0.1, 0.15) is 27.7 Å². The van der Waals surface area contributed by atoms with Gasteiger partial charge >= 0.3 is 0 Å². The molecule has 6 nitrogen and oxygen atoms in total. The number of halogens is 1. The SMILES string of the molecule is CC1(C)OC[C@H]([C@H]2OC(O)(CI)[C@H]3OC(C)(C)O[C@@H]23)O1. The highest BCUT2D eigenvalue weighted by Crippen LogP contribution is 2.46. The van der Waals surface area contributed by atoms with Gasteiger partial charge in [-0.05, 0) is 27.7 Å². The first-order valence-electron chi connectivity index (χ1n) is 6.79. The Morgan fingerprint density at radius 3 is 2.25 bits per heavy atom. The van der Waals surface area contributed by atoms with Crippen LogP contribution in [0.3, 0.4) is 0 Å². The van der Waals surface area contributed by atoms with Gasteiger partial charge in [0.15, 0.2) is 11.6 Å². The second kappa shape index (κ2) is 4.74. The Morgan fingerprint density at radius 2 is 1.70 bits per heavy atom. The molecule has 0 aliphatic carbocycles.